The van der Waals surface area contributed by atoms with E-state index in [2.05, 4.69) is 15.4 Å². The Labute approximate surface area is 87.6 Å². The van der Waals surface area contributed by atoms with E-state index in [0.29, 0.717) is 0 Å². The summed E-state index contributed by atoms with van der Waals surface area (Å²) in [6.45, 7) is 3.03. The van der Waals surface area contributed by atoms with E-state index in [1.165, 1.54) is 0 Å². The van der Waals surface area contributed by atoms with Crippen molar-refractivity contribution in [3.8, 4) is 0 Å². The number of carbonyl (C=O) groups excluding carboxylic acids is 1. The summed E-state index contributed by atoms with van der Waals surface area (Å²) < 4.78 is 30.0. The van der Waals surface area contributed by atoms with Crippen molar-refractivity contribution in [2.45, 2.75) is 6.42 Å². The summed E-state index contributed by atoms with van der Waals surface area (Å²) in [6, 6.07) is 0. The molecular formula is C6H11BO7S. The Morgan fingerprint density at radius 2 is 2.07 bits per heavy atom. The molecule has 0 rings (SSSR count). The Kier molecular flexibility index (Phi) is 6.17. The summed E-state index contributed by atoms with van der Waals surface area (Å²) in [5.74, 6) is -1.13. The average molecular weight is 238 g/mol. The second-order valence-corrected chi connectivity index (χ2v) is 4.13. The molecule has 0 saturated carbocycles. The largest absolute Gasteiger partial charge is 0.649 e. The maximum absolute atomic E-state index is 10.9. The number of ether oxygens (including phenoxy) is 1. The van der Waals surface area contributed by atoms with Crippen LogP contribution in [-0.2, 0) is 23.8 Å². The molecule has 0 spiro atoms. The molecule has 0 amide bonds. The molecule has 7 nitrogen and oxygen atoms in total. The maximum Gasteiger partial charge on any atom is 0.649 e. The predicted octanol–water partition coefficient (Wildman–Crippen LogP) is -1.58. The van der Waals surface area contributed by atoms with E-state index >= 15 is 0 Å². The number of hydrogen-bond acceptors (Lipinski definition) is 7. The molecule has 0 unspecified atom stereocenters. The third kappa shape index (κ3) is 8.12. The number of hydrogen-bond donors (Lipinski definition) is 2. The zero-order valence-electron chi connectivity index (χ0n) is 7.83. The molecule has 86 valence electrons. The maximum atomic E-state index is 10.9. The van der Waals surface area contributed by atoms with Gasteiger partial charge in [-0.05, 0) is 6.42 Å². The van der Waals surface area contributed by atoms with E-state index in [0.717, 1.165) is 6.08 Å². The van der Waals surface area contributed by atoms with Gasteiger partial charge in [-0.3, -0.25) is 4.10 Å². The molecule has 2 N–H and O–H groups in total. The van der Waals surface area contributed by atoms with Gasteiger partial charge in [-0.2, -0.15) is 0 Å². The Hall–Kier alpha value is -0.895. The van der Waals surface area contributed by atoms with E-state index < -0.39 is 29.2 Å². The van der Waals surface area contributed by atoms with Gasteiger partial charge >= 0.3 is 13.3 Å². The van der Waals surface area contributed by atoms with Gasteiger partial charge in [-0.1, -0.05) is 6.58 Å². The van der Waals surface area contributed by atoms with E-state index in [-0.39, 0.29) is 13.0 Å². The first-order chi connectivity index (χ1) is 6.87. The molecule has 15 heavy (non-hydrogen) atoms. The highest BCUT2D eigenvalue weighted by atomic mass is 32.2. The first kappa shape index (κ1) is 14.1. The molecular weight excluding hydrogens is 227 g/mol. The van der Waals surface area contributed by atoms with Crippen LogP contribution in [0.5, 0.6) is 0 Å². The third-order valence-corrected chi connectivity index (χ3v) is 2.44. The first-order valence-corrected chi connectivity index (χ1v) is 5.51. The second-order valence-electron chi connectivity index (χ2n) is 2.41. The highest BCUT2D eigenvalue weighted by molar-refractivity contribution is 7.87. The van der Waals surface area contributed by atoms with Crippen LogP contribution < -0.4 is 0 Å². The Bertz CT molecular complexity index is 309. The van der Waals surface area contributed by atoms with Crippen LogP contribution in [0.2, 0.25) is 0 Å². The lowest BCUT2D eigenvalue weighted by Gasteiger charge is -2.04. The van der Waals surface area contributed by atoms with Crippen molar-refractivity contribution >= 4 is 23.4 Å². The number of rotatable bonds is 7. The highest BCUT2D eigenvalue weighted by Crippen LogP contribution is 1.97. The fraction of sp³-hybridized carbons (Fsp3) is 0.500. The molecule has 9 heteroatoms. The number of esters is 1. The molecule has 0 fully saturated rings. The molecule has 0 radical (unpaired) electrons. The van der Waals surface area contributed by atoms with E-state index in [4.69, 9.17) is 10.0 Å². The van der Waals surface area contributed by atoms with Gasteiger partial charge in [-0.15, -0.1) is 0 Å². The smallest absolute Gasteiger partial charge is 0.463 e. The molecule has 0 aromatic rings. The Morgan fingerprint density at radius 1 is 1.47 bits per heavy atom. The zero-order valence-corrected chi connectivity index (χ0v) is 8.64. The highest BCUT2D eigenvalue weighted by Gasteiger charge is 2.20. The lowest BCUT2D eigenvalue weighted by Crippen LogP contribution is -2.24. The number of carbonyl (C=O) groups is 1. The van der Waals surface area contributed by atoms with E-state index in [1.807, 2.05) is 0 Å². The normalized spacial score (nSPS) is 10.8. The van der Waals surface area contributed by atoms with Crippen LogP contribution in [0.4, 0.5) is 0 Å². The van der Waals surface area contributed by atoms with Crippen molar-refractivity contribution < 1.29 is 32.1 Å². The first-order valence-electron chi connectivity index (χ1n) is 3.93. The Balaban J connectivity index is 3.76. The molecule has 0 aromatic heterocycles. The summed E-state index contributed by atoms with van der Waals surface area (Å²) >= 11 is 0. The van der Waals surface area contributed by atoms with Crippen LogP contribution in [0.1, 0.15) is 6.42 Å². The van der Waals surface area contributed by atoms with E-state index in [9.17, 15) is 13.2 Å². The molecule has 0 heterocycles. The van der Waals surface area contributed by atoms with Crippen LogP contribution in [0.25, 0.3) is 0 Å². The summed E-state index contributed by atoms with van der Waals surface area (Å²) in [4.78, 5) is 10.5. The minimum Gasteiger partial charge on any atom is -0.463 e. The molecule has 0 aliphatic rings. The fourth-order valence-corrected chi connectivity index (χ4v) is 1.48. The Morgan fingerprint density at radius 3 is 2.53 bits per heavy atom. The van der Waals surface area contributed by atoms with Crippen molar-refractivity contribution in [2.24, 2.45) is 0 Å². The molecule has 0 bridgehead atoms. The lowest BCUT2D eigenvalue weighted by molar-refractivity contribution is -0.137. The van der Waals surface area contributed by atoms with Crippen molar-refractivity contribution in [1.29, 1.82) is 0 Å². The van der Waals surface area contributed by atoms with Crippen LogP contribution in [-0.4, -0.2) is 44.1 Å². The van der Waals surface area contributed by atoms with Gasteiger partial charge in [0.2, 0.25) is 0 Å². The lowest BCUT2D eigenvalue weighted by atomic mass is 10.3. The van der Waals surface area contributed by atoms with Gasteiger partial charge in [0.25, 0.3) is 10.1 Å². The van der Waals surface area contributed by atoms with E-state index in [1.54, 1.807) is 0 Å². The monoisotopic (exact) mass is 238 g/mol. The molecule has 0 aromatic carbocycles. The minimum atomic E-state index is -4.00. The third-order valence-electron chi connectivity index (χ3n) is 1.18. The summed E-state index contributed by atoms with van der Waals surface area (Å²) in [5, 5.41) is 16.5. The SMILES string of the molecule is C=CC(=O)OCCCS(=O)(=O)OB(O)O. The summed E-state index contributed by atoms with van der Waals surface area (Å²) in [7, 11) is -6.37. The molecule has 0 atom stereocenters. The fourth-order valence-electron chi connectivity index (χ4n) is 0.647. The molecule has 0 saturated heterocycles. The van der Waals surface area contributed by atoms with Crippen molar-refractivity contribution in [2.75, 3.05) is 12.4 Å². The molecule has 0 aliphatic heterocycles. The van der Waals surface area contributed by atoms with Crippen LogP contribution in [0.3, 0.4) is 0 Å². The van der Waals surface area contributed by atoms with Crippen molar-refractivity contribution in [3.05, 3.63) is 12.7 Å². The van der Waals surface area contributed by atoms with Crippen LogP contribution in [0.15, 0.2) is 12.7 Å². The van der Waals surface area contributed by atoms with Crippen molar-refractivity contribution in [1.82, 2.24) is 0 Å². The quantitative estimate of drug-likeness (QED) is 0.238. The summed E-state index contributed by atoms with van der Waals surface area (Å²) in [6.07, 6.45) is 0.942. The van der Waals surface area contributed by atoms with Gasteiger partial charge < -0.3 is 14.8 Å². The summed E-state index contributed by atoms with van der Waals surface area (Å²) in [5.41, 5.74) is 0. The van der Waals surface area contributed by atoms with Crippen LogP contribution in [0, 0.1) is 0 Å². The van der Waals surface area contributed by atoms with Gasteiger partial charge in [0.05, 0.1) is 12.4 Å². The average Bonchev–Trinajstić information content (AvgIpc) is 2.10. The van der Waals surface area contributed by atoms with Gasteiger partial charge in [0, 0.05) is 6.08 Å². The zero-order chi connectivity index (χ0) is 11.9. The van der Waals surface area contributed by atoms with Crippen LogP contribution >= 0.6 is 0 Å². The minimum absolute atomic E-state index is 0.00532. The molecule has 0 aliphatic carbocycles. The standard InChI is InChI=1S/C6H11BO7S/c1-2-6(8)13-4-3-5-15(11,12)14-7(9)10/h2,9-10H,1,3-5H2. The predicted molar refractivity (Wildman–Crippen MR) is 50.8 cm³/mol. The van der Waals surface area contributed by atoms with Gasteiger partial charge in [0.1, 0.15) is 0 Å². The topological polar surface area (TPSA) is 110 Å². The van der Waals surface area contributed by atoms with Gasteiger partial charge in [0.15, 0.2) is 0 Å². The second kappa shape index (κ2) is 6.56. The van der Waals surface area contributed by atoms with Gasteiger partial charge in [-0.25, -0.2) is 13.2 Å². The van der Waals surface area contributed by atoms with Crippen molar-refractivity contribution in [3.63, 3.8) is 0 Å².